The van der Waals surface area contributed by atoms with Gasteiger partial charge in [0.1, 0.15) is 17.2 Å². The second-order valence-electron chi connectivity index (χ2n) is 5.07. The lowest BCUT2D eigenvalue weighted by Gasteiger charge is -2.30. The normalized spacial score (nSPS) is 20.5. The van der Waals surface area contributed by atoms with Gasteiger partial charge in [0.25, 0.3) is 5.91 Å². The molecule has 110 valence electrons. The van der Waals surface area contributed by atoms with Crippen molar-refractivity contribution in [2.75, 3.05) is 31.2 Å². The van der Waals surface area contributed by atoms with Crippen molar-refractivity contribution in [1.82, 2.24) is 15.5 Å². The average Bonchev–Trinajstić information content (AvgIpc) is 3.10. The number of hydrogen-bond acceptors (Lipinski definition) is 6. The number of rotatable bonds is 2. The fraction of sp³-hybridized carbons (Fsp3) is 0.385. The van der Waals surface area contributed by atoms with Crippen LogP contribution < -0.4 is 15.0 Å². The Bertz CT molecular complexity index is 682. The lowest BCUT2D eigenvalue weighted by atomic mass is 10.2. The number of hydrogen-bond donors (Lipinski definition) is 3. The van der Waals surface area contributed by atoms with Gasteiger partial charge in [-0.2, -0.15) is 5.10 Å². The number of nitrogens with zero attached hydrogens (tertiary/aromatic N) is 2. The molecule has 0 spiro atoms. The minimum Gasteiger partial charge on any atom is -0.488 e. The predicted octanol–water partition coefficient (Wildman–Crippen LogP) is 0.441. The zero-order valence-corrected chi connectivity index (χ0v) is 11.9. The Kier molecular flexibility index (Phi) is 2.86. The highest BCUT2D eigenvalue weighted by Gasteiger charge is 2.35. The van der Waals surface area contributed by atoms with Crippen LogP contribution in [0.3, 0.4) is 0 Å². The maximum absolute atomic E-state index is 12.4. The lowest BCUT2D eigenvalue weighted by Crippen LogP contribution is -2.44. The minimum atomic E-state index is -0.250. The van der Waals surface area contributed by atoms with E-state index in [1.54, 1.807) is 12.4 Å². The molecular weight excluding hydrogens is 292 g/mol. The average molecular weight is 306 g/mol. The van der Waals surface area contributed by atoms with Gasteiger partial charge in [0.05, 0.1) is 30.3 Å². The number of carbonyl (C=O) groups is 1. The largest absolute Gasteiger partial charge is 0.488 e. The maximum Gasteiger partial charge on any atom is 0.264 e. The van der Waals surface area contributed by atoms with E-state index in [1.807, 2.05) is 0 Å². The number of anilines is 1. The summed E-state index contributed by atoms with van der Waals surface area (Å²) in [6, 6.07) is -0.250. The molecule has 2 aliphatic rings. The maximum atomic E-state index is 12.4. The van der Waals surface area contributed by atoms with Crippen molar-refractivity contribution in [2.24, 2.45) is 0 Å². The van der Waals surface area contributed by atoms with E-state index in [2.05, 4.69) is 20.4 Å². The highest BCUT2D eigenvalue weighted by Crippen LogP contribution is 2.49. The van der Waals surface area contributed by atoms with Crippen LogP contribution >= 0.6 is 11.3 Å². The number of thiophene rings is 1. The summed E-state index contributed by atoms with van der Waals surface area (Å²) in [5.41, 5.74) is 1.76. The van der Waals surface area contributed by atoms with Crippen LogP contribution in [0, 0.1) is 0 Å². The Morgan fingerprint density at radius 3 is 3.19 bits per heavy atom. The molecule has 4 rings (SSSR count). The number of ether oxygens (including phenoxy) is 1. The van der Waals surface area contributed by atoms with Crippen LogP contribution in [0.1, 0.15) is 9.67 Å². The van der Waals surface area contributed by atoms with Gasteiger partial charge in [-0.3, -0.25) is 9.89 Å². The minimum absolute atomic E-state index is 0.0675. The molecule has 0 unspecified atom stereocenters. The SMILES string of the molecule is O=C1N[C@H](CO)CN2CCOc3c(-c4cn[nH]c4)sc1c32. The van der Waals surface area contributed by atoms with Crippen LogP contribution in [0.15, 0.2) is 12.4 Å². The smallest absolute Gasteiger partial charge is 0.264 e. The van der Waals surface area contributed by atoms with Gasteiger partial charge in [-0.1, -0.05) is 0 Å². The predicted molar refractivity (Wildman–Crippen MR) is 77.9 cm³/mol. The van der Waals surface area contributed by atoms with Gasteiger partial charge in [-0.05, 0) is 0 Å². The Morgan fingerprint density at radius 2 is 2.43 bits per heavy atom. The van der Waals surface area contributed by atoms with Crippen LogP contribution in [0.5, 0.6) is 5.75 Å². The van der Waals surface area contributed by atoms with Crippen LogP contribution in [-0.4, -0.2) is 53.6 Å². The second kappa shape index (κ2) is 4.74. The van der Waals surface area contributed by atoms with Crippen molar-refractivity contribution in [3.8, 4) is 16.2 Å². The third-order valence-electron chi connectivity index (χ3n) is 3.73. The first kappa shape index (κ1) is 12.7. The fourth-order valence-corrected chi connectivity index (χ4v) is 3.92. The summed E-state index contributed by atoms with van der Waals surface area (Å²) >= 11 is 1.40. The standard InChI is InChI=1S/C13H14N4O3S/c18-6-8-5-17-1-2-20-10-9(17)12(13(19)16-8)21-11(10)7-3-14-15-4-7/h3-4,8,18H,1-2,5-6H2,(H,14,15)(H,16,19)/t8-/m0/s1. The molecule has 7 nitrogen and oxygen atoms in total. The summed E-state index contributed by atoms with van der Waals surface area (Å²) in [7, 11) is 0. The molecule has 0 saturated carbocycles. The molecule has 2 aromatic heterocycles. The van der Waals surface area contributed by atoms with Gasteiger partial charge >= 0.3 is 0 Å². The number of aromatic nitrogens is 2. The Balaban J connectivity index is 1.87. The van der Waals surface area contributed by atoms with E-state index in [9.17, 15) is 9.90 Å². The van der Waals surface area contributed by atoms with Gasteiger partial charge in [0.2, 0.25) is 0 Å². The molecule has 21 heavy (non-hydrogen) atoms. The molecule has 3 N–H and O–H groups in total. The topological polar surface area (TPSA) is 90.5 Å². The summed E-state index contributed by atoms with van der Waals surface area (Å²) < 4.78 is 5.82. The number of aliphatic hydroxyl groups excluding tert-OH is 1. The van der Waals surface area contributed by atoms with E-state index in [0.29, 0.717) is 24.6 Å². The van der Waals surface area contributed by atoms with Crippen LogP contribution in [0.2, 0.25) is 0 Å². The Hall–Kier alpha value is -2.06. The highest BCUT2D eigenvalue weighted by molar-refractivity contribution is 7.18. The number of aromatic amines is 1. The number of H-pyrrole nitrogens is 1. The molecule has 4 heterocycles. The Labute approximate surface area is 124 Å². The molecule has 0 radical (unpaired) electrons. The van der Waals surface area contributed by atoms with Crippen LogP contribution in [0.25, 0.3) is 10.4 Å². The Morgan fingerprint density at radius 1 is 1.52 bits per heavy atom. The summed E-state index contributed by atoms with van der Waals surface area (Å²) in [4.78, 5) is 16.0. The van der Waals surface area contributed by atoms with E-state index in [-0.39, 0.29) is 18.6 Å². The monoisotopic (exact) mass is 306 g/mol. The molecule has 2 aliphatic heterocycles. The second-order valence-corrected chi connectivity index (χ2v) is 6.09. The summed E-state index contributed by atoms with van der Waals surface area (Å²) in [5.74, 6) is 0.592. The molecular formula is C13H14N4O3S. The van der Waals surface area contributed by atoms with Crippen LogP contribution in [0.4, 0.5) is 5.69 Å². The number of carbonyl (C=O) groups excluding carboxylic acids is 1. The van der Waals surface area contributed by atoms with Crippen molar-refractivity contribution < 1.29 is 14.6 Å². The first-order valence-corrected chi connectivity index (χ1v) is 7.55. The fourth-order valence-electron chi connectivity index (χ4n) is 2.77. The van der Waals surface area contributed by atoms with Crippen molar-refractivity contribution in [3.63, 3.8) is 0 Å². The lowest BCUT2D eigenvalue weighted by molar-refractivity contribution is 0.0928. The zero-order chi connectivity index (χ0) is 14.4. The first-order chi connectivity index (χ1) is 10.3. The van der Waals surface area contributed by atoms with Gasteiger partial charge < -0.3 is 20.1 Å². The molecule has 0 aromatic carbocycles. The summed E-state index contributed by atoms with van der Waals surface area (Å²) in [5, 5.41) is 19.0. The summed E-state index contributed by atoms with van der Waals surface area (Å²) in [6.07, 6.45) is 3.51. The van der Waals surface area contributed by atoms with E-state index in [0.717, 1.165) is 21.9 Å². The van der Waals surface area contributed by atoms with Crippen molar-refractivity contribution in [2.45, 2.75) is 6.04 Å². The van der Waals surface area contributed by atoms with E-state index >= 15 is 0 Å². The number of nitrogens with one attached hydrogen (secondary N) is 2. The summed E-state index contributed by atoms with van der Waals surface area (Å²) in [6.45, 7) is 1.81. The molecule has 0 fully saturated rings. The van der Waals surface area contributed by atoms with Crippen LogP contribution in [-0.2, 0) is 0 Å². The van der Waals surface area contributed by atoms with Gasteiger partial charge in [-0.25, -0.2) is 0 Å². The number of amides is 1. The molecule has 0 aliphatic carbocycles. The zero-order valence-electron chi connectivity index (χ0n) is 11.1. The molecule has 0 bridgehead atoms. The van der Waals surface area contributed by atoms with Gasteiger partial charge in [0, 0.05) is 18.3 Å². The molecule has 1 amide bonds. The third-order valence-corrected chi connectivity index (χ3v) is 4.94. The third kappa shape index (κ3) is 1.90. The highest BCUT2D eigenvalue weighted by atomic mass is 32.1. The van der Waals surface area contributed by atoms with E-state index < -0.39 is 0 Å². The first-order valence-electron chi connectivity index (χ1n) is 6.73. The van der Waals surface area contributed by atoms with Gasteiger partial charge in [0.15, 0.2) is 5.75 Å². The van der Waals surface area contributed by atoms with Gasteiger partial charge in [-0.15, -0.1) is 11.3 Å². The molecule has 8 heteroatoms. The van der Waals surface area contributed by atoms with Crippen molar-refractivity contribution in [3.05, 3.63) is 17.3 Å². The van der Waals surface area contributed by atoms with Crippen molar-refractivity contribution >= 4 is 22.9 Å². The van der Waals surface area contributed by atoms with E-state index in [1.165, 1.54) is 11.3 Å². The van der Waals surface area contributed by atoms with Crippen molar-refractivity contribution in [1.29, 1.82) is 0 Å². The quantitative estimate of drug-likeness (QED) is 0.749. The van der Waals surface area contributed by atoms with E-state index in [4.69, 9.17) is 4.74 Å². The molecule has 1 atom stereocenters. The molecule has 0 saturated heterocycles. The number of aliphatic hydroxyl groups is 1. The molecule has 2 aromatic rings.